The van der Waals surface area contributed by atoms with Crippen LogP contribution < -0.4 is 10.6 Å². The predicted octanol–water partition coefficient (Wildman–Crippen LogP) is 2.82. The number of amides is 4. The maximum absolute atomic E-state index is 12.8. The zero-order valence-corrected chi connectivity index (χ0v) is 15.3. The summed E-state index contributed by atoms with van der Waals surface area (Å²) in [5.74, 6) is -0.842. The Hall–Kier alpha value is -1.79. The fraction of sp³-hybridized carbons (Fsp3) is 0.471. The topological polar surface area (TPSA) is 78.5 Å². The summed E-state index contributed by atoms with van der Waals surface area (Å²) in [7, 11) is 0. The molecule has 4 amide bonds. The molecule has 0 radical (unpaired) electrons. The Labute approximate surface area is 155 Å². The second-order valence-corrected chi connectivity index (χ2v) is 7.46. The summed E-state index contributed by atoms with van der Waals surface area (Å²) in [4.78, 5) is 38.2. The fourth-order valence-electron chi connectivity index (χ4n) is 3.41. The Morgan fingerprint density at radius 1 is 1.32 bits per heavy atom. The minimum absolute atomic E-state index is 0.130. The summed E-state index contributed by atoms with van der Waals surface area (Å²) in [5.41, 5.74) is -0.887. The van der Waals surface area contributed by atoms with E-state index >= 15 is 0 Å². The Bertz CT molecular complexity index is 734. The number of hydrogen-bond donors (Lipinski definition) is 2. The van der Waals surface area contributed by atoms with E-state index in [2.05, 4.69) is 10.6 Å². The lowest BCUT2D eigenvalue weighted by Gasteiger charge is -2.23. The highest BCUT2D eigenvalue weighted by atomic mass is 35.5. The van der Waals surface area contributed by atoms with Crippen LogP contribution in [0.15, 0.2) is 18.2 Å². The number of nitrogens with one attached hydrogen (secondary N) is 2. The van der Waals surface area contributed by atoms with Crippen LogP contribution in [0, 0.1) is 0 Å². The van der Waals surface area contributed by atoms with E-state index < -0.39 is 17.5 Å². The second kappa shape index (κ2) is 6.84. The largest absolute Gasteiger partial charge is 0.352 e. The fourth-order valence-corrected chi connectivity index (χ4v) is 4.00. The lowest BCUT2D eigenvalue weighted by molar-refractivity contribution is -0.135. The number of halogens is 2. The predicted molar refractivity (Wildman–Crippen MR) is 94.5 cm³/mol. The third kappa shape index (κ3) is 3.46. The summed E-state index contributed by atoms with van der Waals surface area (Å²) in [6.07, 6.45) is 4.04. The van der Waals surface area contributed by atoms with E-state index in [-0.39, 0.29) is 23.5 Å². The minimum Gasteiger partial charge on any atom is -0.352 e. The number of rotatable bonds is 4. The highest BCUT2D eigenvalue weighted by molar-refractivity contribution is 6.35. The third-order valence-corrected chi connectivity index (χ3v) is 5.31. The van der Waals surface area contributed by atoms with Crippen LogP contribution in [0.1, 0.15) is 38.2 Å². The van der Waals surface area contributed by atoms with Gasteiger partial charge in [0.25, 0.3) is 5.91 Å². The molecule has 134 valence electrons. The summed E-state index contributed by atoms with van der Waals surface area (Å²) in [6, 6.07) is 4.23. The first-order valence-corrected chi connectivity index (χ1v) is 8.96. The lowest BCUT2D eigenvalue weighted by Crippen LogP contribution is -2.45. The molecule has 0 bridgehead atoms. The first kappa shape index (κ1) is 18.0. The lowest BCUT2D eigenvalue weighted by atomic mass is 9.92. The summed E-state index contributed by atoms with van der Waals surface area (Å²) < 4.78 is 0. The standard InChI is InChI=1S/C17H19Cl2N3O3/c1-17(12-7-6-10(18)8-13(12)19)15(24)22(16(25)21-17)9-14(23)20-11-4-2-3-5-11/h6-8,11H,2-5,9H2,1H3,(H,20,23)(H,21,25). The monoisotopic (exact) mass is 383 g/mol. The van der Waals surface area contributed by atoms with Crippen molar-refractivity contribution >= 4 is 41.0 Å². The van der Waals surface area contributed by atoms with E-state index in [9.17, 15) is 14.4 Å². The molecule has 25 heavy (non-hydrogen) atoms. The van der Waals surface area contributed by atoms with Gasteiger partial charge in [-0.1, -0.05) is 42.1 Å². The molecule has 1 saturated heterocycles. The molecule has 0 aromatic heterocycles. The van der Waals surface area contributed by atoms with Gasteiger partial charge in [-0.2, -0.15) is 0 Å². The molecule has 2 aliphatic rings. The molecule has 8 heteroatoms. The Balaban J connectivity index is 1.76. The quantitative estimate of drug-likeness (QED) is 0.784. The first-order chi connectivity index (χ1) is 11.8. The average Bonchev–Trinajstić information content (AvgIpc) is 3.10. The highest BCUT2D eigenvalue weighted by Gasteiger charge is 2.50. The Morgan fingerprint density at radius 3 is 2.64 bits per heavy atom. The maximum atomic E-state index is 12.8. The average molecular weight is 384 g/mol. The van der Waals surface area contributed by atoms with E-state index in [4.69, 9.17) is 23.2 Å². The SMILES string of the molecule is CC1(c2ccc(Cl)cc2Cl)NC(=O)N(CC(=O)NC2CCCC2)C1=O. The number of carbonyl (C=O) groups excluding carboxylic acids is 3. The van der Waals surface area contributed by atoms with E-state index in [1.165, 1.54) is 6.07 Å². The first-order valence-electron chi connectivity index (χ1n) is 8.20. The van der Waals surface area contributed by atoms with Gasteiger partial charge in [0.15, 0.2) is 0 Å². The van der Waals surface area contributed by atoms with Crippen molar-refractivity contribution in [1.29, 1.82) is 0 Å². The molecule has 1 aromatic rings. The van der Waals surface area contributed by atoms with Gasteiger partial charge in [0.05, 0.1) is 0 Å². The molecule has 2 N–H and O–H groups in total. The molecular weight excluding hydrogens is 365 g/mol. The molecule has 2 fully saturated rings. The van der Waals surface area contributed by atoms with Gasteiger partial charge in [-0.3, -0.25) is 14.5 Å². The van der Waals surface area contributed by atoms with Crippen molar-refractivity contribution in [1.82, 2.24) is 15.5 Å². The molecular formula is C17H19Cl2N3O3. The van der Waals surface area contributed by atoms with Gasteiger partial charge in [0.1, 0.15) is 12.1 Å². The summed E-state index contributed by atoms with van der Waals surface area (Å²) >= 11 is 12.1. The smallest absolute Gasteiger partial charge is 0.325 e. The van der Waals surface area contributed by atoms with E-state index in [0.717, 1.165) is 30.6 Å². The van der Waals surface area contributed by atoms with Crippen molar-refractivity contribution in [3.05, 3.63) is 33.8 Å². The van der Waals surface area contributed by atoms with Crippen LogP contribution in [0.3, 0.4) is 0 Å². The van der Waals surface area contributed by atoms with Crippen molar-refractivity contribution in [2.75, 3.05) is 6.54 Å². The van der Waals surface area contributed by atoms with Gasteiger partial charge in [-0.15, -0.1) is 0 Å². The Kier molecular flexibility index (Phi) is 4.93. The molecule has 1 aliphatic heterocycles. The molecule has 6 nitrogen and oxygen atoms in total. The van der Waals surface area contributed by atoms with Crippen LogP contribution in [0.4, 0.5) is 4.79 Å². The summed E-state index contributed by atoms with van der Waals surface area (Å²) in [5, 5.41) is 6.22. The van der Waals surface area contributed by atoms with Gasteiger partial charge in [-0.05, 0) is 31.9 Å². The van der Waals surface area contributed by atoms with Crippen molar-refractivity contribution in [2.24, 2.45) is 0 Å². The molecule has 1 unspecified atom stereocenters. The van der Waals surface area contributed by atoms with Crippen molar-refractivity contribution < 1.29 is 14.4 Å². The molecule has 1 aliphatic carbocycles. The molecule has 0 spiro atoms. The van der Waals surface area contributed by atoms with Crippen LogP contribution in [0.2, 0.25) is 10.0 Å². The second-order valence-electron chi connectivity index (χ2n) is 6.62. The number of hydrogen-bond acceptors (Lipinski definition) is 3. The number of nitrogens with zero attached hydrogens (tertiary/aromatic N) is 1. The van der Waals surface area contributed by atoms with Gasteiger partial charge in [-0.25, -0.2) is 4.79 Å². The van der Waals surface area contributed by atoms with Gasteiger partial charge in [0.2, 0.25) is 5.91 Å². The van der Waals surface area contributed by atoms with Crippen LogP contribution >= 0.6 is 23.2 Å². The van der Waals surface area contributed by atoms with Crippen molar-refractivity contribution in [3.8, 4) is 0 Å². The molecule has 3 rings (SSSR count). The molecule has 1 aromatic carbocycles. The van der Waals surface area contributed by atoms with Gasteiger partial charge < -0.3 is 10.6 Å². The summed E-state index contributed by atoms with van der Waals surface area (Å²) in [6.45, 7) is 1.26. The van der Waals surface area contributed by atoms with Gasteiger partial charge in [0, 0.05) is 21.7 Å². The number of imide groups is 1. The van der Waals surface area contributed by atoms with E-state index in [1.807, 2.05) is 0 Å². The van der Waals surface area contributed by atoms with Gasteiger partial charge >= 0.3 is 6.03 Å². The highest BCUT2D eigenvalue weighted by Crippen LogP contribution is 2.34. The van der Waals surface area contributed by atoms with Crippen molar-refractivity contribution in [3.63, 3.8) is 0 Å². The normalized spacial score (nSPS) is 23.9. The van der Waals surface area contributed by atoms with E-state index in [1.54, 1.807) is 19.1 Å². The van der Waals surface area contributed by atoms with Crippen molar-refractivity contribution in [2.45, 2.75) is 44.2 Å². The van der Waals surface area contributed by atoms with E-state index in [0.29, 0.717) is 10.6 Å². The molecule has 1 heterocycles. The maximum Gasteiger partial charge on any atom is 0.325 e. The zero-order valence-electron chi connectivity index (χ0n) is 13.8. The number of urea groups is 1. The molecule has 1 atom stereocenters. The van der Waals surface area contributed by atoms with Crippen LogP contribution in [0.25, 0.3) is 0 Å². The van der Waals surface area contributed by atoms with Crippen LogP contribution in [0.5, 0.6) is 0 Å². The van der Waals surface area contributed by atoms with Crippen LogP contribution in [-0.4, -0.2) is 35.3 Å². The number of carbonyl (C=O) groups is 3. The minimum atomic E-state index is -1.33. The molecule has 1 saturated carbocycles. The number of benzene rings is 1. The Morgan fingerprint density at radius 2 is 2.00 bits per heavy atom. The van der Waals surface area contributed by atoms with Crippen LogP contribution in [-0.2, 0) is 15.1 Å². The zero-order chi connectivity index (χ0) is 18.2. The third-order valence-electron chi connectivity index (χ3n) is 4.77.